The first-order valence-electron chi connectivity index (χ1n) is 7.20. The van der Waals surface area contributed by atoms with Gasteiger partial charge in [0.25, 0.3) is 0 Å². The Morgan fingerprint density at radius 3 is 2.32 bits per heavy atom. The van der Waals surface area contributed by atoms with Crippen LogP contribution in [0.25, 0.3) is 0 Å². The van der Waals surface area contributed by atoms with Crippen LogP contribution in [0.5, 0.6) is 0 Å². The van der Waals surface area contributed by atoms with Crippen LogP contribution in [-0.2, 0) is 9.59 Å². The van der Waals surface area contributed by atoms with Gasteiger partial charge in [0.2, 0.25) is 0 Å². The quantitative estimate of drug-likeness (QED) is 0.587. The van der Waals surface area contributed by atoms with Gasteiger partial charge < -0.3 is 10.2 Å². The van der Waals surface area contributed by atoms with Gasteiger partial charge in [-0.15, -0.1) is 23.2 Å². The summed E-state index contributed by atoms with van der Waals surface area (Å²) in [5, 5.41) is 21.8. The Morgan fingerprint density at radius 2 is 1.77 bits per heavy atom. The monoisotopic (exact) mass is 344 g/mol. The van der Waals surface area contributed by atoms with E-state index >= 15 is 0 Å². The molecule has 4 nitrogen and oxygen atoms in total. The molecule has 1 fully saturated rings. The lowest BCUT2D eigenvalue weighted by Crippen LogP contribution is -2.73. The van der Waals surface area contributed by atoms with Crippen molar-refractivity contribution in [2.75, 3.05) is 11.8 Å². The van der Waals surface area contributed by atoms with Crippen LogP contribution in [0.15, 0.2) is 23.8 Å². The van der Waals surface area contributed by atoms with Crippen molar-refractivity contribution in [3.63, 3.8) is 0 Å². The average Bonchev–Trinajstić information content (AvgIpc) is 2.49. The molecule has 1 unspecified atom stereocenters. The van der Waals surface area contributed by atoms with Gasteiger partial charge in [-0.2, -0.15) is 0 Å². The molecule has 4 aliphatic rings. The molecular formula is C16H18Cl2O4. The fourth-order valence-electron chi connectivity index (χ4n) is 4.64. The van der Waals surface area contributed by atoms with Crippen LogP contribution in [0, 0.1) is 23.2 Å². The molecule has 6 heteroatoms. The SMILES string of the molecule is CC1=C[C@@H]2C(=O)[C@](O)(CCl)[C@H]1[C@H]1C(O)(CCl)C(=O)C=C[C@]21C. The maximum atomic E-state index is 12.7. The van der Waals surface area contributed by atoms with Crippen LogP contribution in [0.1, 0.15) is 13.8 Å². The van der Waals surface area contributed by atoms with E-state index in [0.29, 0.717) is 0 Å². The number of hydrogen-bond acceptors (Lipinski definition) is 4. The zero-order chi connectivity index (χ0) is 16.5. The van der Waals surface area contributed by atoms with Crippen LogP contribution in [0.3, 0.4) is 0 Å². The minimum absolute atomic E-state index is 0.277. The lowest BCUT2D eigenvalue weighted by molar-refractivity contribution is -0.188. The molecule has 6 atom stereocenters. The summed E-state index contributed by atoms with van der Waals surface area (Å²) in [5.41, 5.74) is -3.59. The summed E-state index contributed by atoms with van der Waals surface area (Å²) < 4.78 is 0. The number of fused-ring (bicyclic) bond motifs is 1. The number of Topliss-reactive ketones (excluding diaryl/α,β-unsaturated/α-hetero) is 1. The average molecular weight is 345 g/mol. The lowest BCUT2D eigenvalue weighted by Gasteiger charge is -2.62. The zero-order valence-electron chi connectivity index (χ0n) is 12.3. The Morgan fingerprint density at radius 1 is 1.18 bits per heavy atom. The number of aliphatic hydroxyl groups is 2. The molecule has 0 aromatic carbocycles. The third-order valence-electron chi connectivity index (χ3n) is 5.76. The van der Waals surface area contributed by atoms with E-state index in [4.69, 9.17) is 23.2 Å². The molecule has 2 bridgehead atoms. The van der Waals surface area contributed by atoms with E-state index in [2.05, 4.69) is 0 Å². The van der Waals surface area contributed by atoms with E-state index in [-0.39, 0.29) is 17.5 Å². The molecule has 0 aliphatic heterocycles. The number of halogens is 2. The van der Waals surface area contributed by atoms with Crippen LogP contribution in [-0.4, -0.2) is 44.7 Å². The van der Waals surface area contributed by atoms with Gasteiger partial charge in [-0.3, -0.25) is 9.59 Å². The Hall–Kier alpha value is -0.680. The van der Waals surface area contributed by atoms with E-state index in [0.717, 1.165) is 5.57 Å². The largest absolute Gasteiger partial charge is 0.380 e. The van der Waals surface area contributed by atoms with E-state index < -0.39 is 40.2 Å². The Labute approximate surface area is 138 Å². The second-order valence-corrected chi connectivity index (χ2v) is 7.42. The van der Waals surface area contributed by atoms with Gasteiger partial charge in [-0.05, 0) is 13.0 Å². The first kappa shape index (κ1) is 16.2. The Bertz CT molecular complexity index is 628. The minimum atomic E-state index is -1.82. The fourth-order valence-corrected chi connectivity index (χ4v) is 5.24. The van der Waals surface area contributed by atoms with Gasteiger partial charge >= 0.3 is 0 Å². The molecular weight excluding hydrogens is 327 g/mol. The number of hydrogen-bond donors (Lipinski definition) is 2. The summed E-state index contributed by atoms with van der Waals surface area (Å²) in [6, 6.07) is 0. The van der Waals surface area contributed by atoms with Gasteiger partial charge in [0.05, 0.1) is 11.8 Å². The first-order valence-corrected chi connectivity index (χ1v) is 8.26. The molecule has 0 aromatic heterocycles. The van der Waals surface area contributed by atoms with Crippen molar-refractivity contribution in [2.45, 2.75) is 25.0 Å². The predicted molar refractivity (Wildman–Crippen MR) is 82.8 cm³/mol. The van der Waals surface area contributed by atoms with Crippen molar-refractivity contribution in [1.29, 1.82) is 0 Å². The van der Waals surface area contributed by atoms with Crippen LogP contribution >= 0.6 is 23.2 Å². The van der Waals surface area contributed by atoms with Gasteiger partial charge in [-0.1, -0.05) is 24.6 Å². The number of alkyl halides is 2. The van der Waals surface area contributed by atoms with Gasteiger partial charge in [0, 0.05) is 23.2 Å². The van der Waals surface area contributed by atoms with Gasteiger partial charge in [0.15, 0.2) is 11.6 Å². The highest BCUT2D eigenvalue weighted by molar-refractivity contribution is 6.22. The fraction of sp³-hybridized carbons (Fsp3) is 0.625. The summed E-state index contributed by atoms with van der Waals surface area (Å²) in [6.07, 6.45) is 4.79. The lowest BCUT2D eigenvalue weighted by atomic mass is 9.42. The van der Waals surface area contributed by atoms with E-state index in [9.17, 15) is 19.8 Å². The van der Waals surface area contributed by atoms with Crippen molar-refractivity contribution in [3.05, 3.63) is 23.8 Å². The van der Waals surface area contributed by atoms with Crippen molar-refractivity contribution in [2.24, 2.45) is 23.2 Å². The summed E-state index contributed by atoms with van der Waals surface area (Å²) in [7, 11) is 0. The molecule has 2 N–H and O–H groups in total. The van der Waals surface area contributed by atoms with E-state index in [1.54, 1.807) is 13.0 Å². The number of carbonyl (C=O) groups is 2. The number of ketones is 2. The summed E-state index contributed by atoms with van der Waals surface area (Å²) in [6.45, 7) is 3.61. The summed E-state index contributed by atoms with van der Waals surface area (Å²) in [4.78, 5) is 25.0. The molecule has 4 aliphatic carbocycles. The van der Waals surface area contributed by atoms with Crippen molar-refractivity contribution in [3.8, 4) is 0 Å². The Balaban J connectivity index is 2.30. The summed E-state index contributed by atoms with van der Waals surface area (Å²) >= 11 is 11.8. The van der Waals surface area contributed by atoms with E-state index in [1.165, 1.54) is 6.08 Å². The second kappa shape index (κ2) is 4.67. The molecule has 0 saturated heterocycles. The van der Waals surface area contributed by atoms with Crippen molar-refractivity contribution < 1.29 is 19.8 Å². The van der Waals surface area contributed by atoms with Crippen LogP contribution in [0.2, 0.25) is 0 Å². The third-order valence-corrected chi connectivity index (χ3v) is 6.57. The molecule has 0 amide bonds. The highest BCUT2D eigenvalue weighted by Gasteiger charge is 2.71. The van der Waals surface area contributed by atoms with Gasteiger partial charge in [-0.25, -0.2) is 0 Å². The van der Waals surface area contributed by atoms with Crippen molar-refractivity contribution >= 4 is 34.8 Å². The van der Waals surface area contributed by atoms with E-state index in [1.807, 2.05) is 13.0 Å². The molecule has 0 spiro atoms. The highest BCUT2D eigenvalue weighted by atomic mass is 35.5. The highest BCUT2D eigenvalue weighted by Crippen LogP contribution is 2.62. The third kappa shape index (κ3) is 1.62. The maximum absolute atomic E-state index is 12.7. The normalized spacial score (nSPS) is 50.1. The molecule has 4 rings (SSSR count). The molecule has 22 heavy (non-hydrogen) atoms. The minimum Gasteiger partial charge on any atom is -0.380 e. The topological polar surface area (TPSA) is 74.6 Å². The molecule has 0 aromatic rings. The molecule has 0 radical (unpaired) electrons. The summed E-state index contributed by atoms with van der Waals surface area (Å²) in [5.74, 6) is -3.47. The smallest absolute Gasteiger partial charge is 0.188 e. The first-order chi connectivity index (χ1) is 10.2. The number of rotatable bonds is 2. The second-order valence-electron chi connectivity index (χ2n) is 6.89. The maximum Gasteiger partial charge on any atom is 0.188 e. The number of allylic oxidation sites excluding steroid dienone is 2. The Kier molecular flexibility index (Phi) is 3.43. The molecule has 0 heterocycles. The molecule has 1 saturated carbocycles. The predicted octanol–water partition coefficient (Wildman–Crippen LogP) is 1.46. The standard InChI is InChI=1S/C16H18Cl2O4/c1-8-5-9-13(20)16(22,7-18)11(8)12-14(9,2)4-3-10(19)15(12,21)6-17/h3-5,9,11-12,21-22H,6-7H2,1-2H3/t9-,11-,12-,14-,15?,16+/m1/s1. The van der Waals surface area contributed by atoms with Crippen LogP contribution in [0.4, 0.5) is 0 Å². The zero-order valence-corrected chi connectivity index (χ0v) is 13.9. The molecule has 120 valence electrons. The number of carbonyl (C=O) groups excluding carboxylic acids is 2. The van der Waals surface area contributed by atoms with Crippen LogP contribution < -0.4 is 0 Å². The van der Waals surface area contributed by atoms with Crippen molar-refractivity contribution in [1.82, 2.24) is 0 Å². The van der Waals surface area contributed by atoms with Gasteiger partial charge in [0.1, 0.15) is 11.2 Å².